The fraction of sp³-hybridized carbons (Fsp3) is 0.435. The van der Waals surface area contributed by atoms with Gasteiger partial charge in [-0.15, -0.1) is 8.80 Å². The fourth-order valence-corrected chi connectivity index (χ4v) is 4.76. The minimum atomic E-state index is -3.88. The zero-order valence-corrected chi connectivity index (χ0v) is 19.7. The largest absolute Gasteiger partial charge is 0.494 e. The highest BCUT2D eigenvalue weighted by molar-refractivity contribution is 7.89. The minimum absolute atomic E-state index is 0.227. The predicted octanol–water partition coefficient (Wildman–Crippen LogP) is 2.62. The maximum Gasteiger partial charge on any atom is 0.367 e. The zero-order valence-electron chi connectivity index (χ0n) is 18.9. The number of piperidine rings is 1. The van der Waals surface area contributed by atoms with Crippen molar-refractivity contribution in [2.75, 3.05) is 38.2 Å². The molecule has 10 heteroatoms. The van der Waals surface area contributed by atoms with E-state index in [2.05, 4.69) is 36.1 Å². The lowest BCUT2D eigenvalue weighted by Gasteiger charge is -2.26. The Morgan fingerprint density at radius 2 is 1.97 bits per heavy atom. The van der Waals surface area contributed by atoms with E-state index in [0.717, 1.165) is 31.1 Å². The van der Waals surface area contributed by atoms with Crippen LogP contribution in [-0.2, 0) is 16.8 Å². The Morgan fingerprint density at radius 3 is 2.76 bits per heavy atom. The highest BCUT2D eigenvalue weighted by Crippen LogP contribution is 2.18. The highest BCUT2D eigenvalue weighted by atomic mass is 32.2. The average Bonchev–Trinajstić information content (AvgIpc) is 3.14. The first kappa shape index (κ1) is 23.2. The van der Waals surface area contributed by atoms with Crippen LogP contribution in [0.5, 0.6) is 5.75 Å². The molecule has 0 saturated carbocycles. The third kappa shape index (κ3) is 6.52. The molecule has 33 heavy (non-hydrogen) atoms. The molecule has 0 spiro atoms. The Balaban J connectivity index is 1.26. The van der Waals surface area contributed by atoms with Crippen molar-refractivity contribution >= 4 is 27.6 Å². The normalized spacial score (nSPS) is 17.8. The predicted molar refractivity (Wildman–Crippen MR) is 130 cm³/mol. The lowest BCUT2D eigenvalue weighted by molar-refractivity contribution is 0.220. The Bertz CT molecular complexity index is 1100. The topological polar surface area (TPSA) is 99.5 Å². The quantitative estimate of drug-likeness (QED) is 0.592. The van der Waals surface area contributed by atoms with Crippen molar-refractivity contribution in [3.05, 3.63) is 54.4 Å². The summed E-state index contributed by atoms with van der Waals surface area (Å²) in [6.45, 7) is 4.29. The van der Waals surface area contributed by atoms with Crippen LogP contribution in [0.4, 0.5) is 5.69 Å². The van der Waals surface area contributed by atoms with Crippen molar-refractivity contribution < 1.29 is 13.2 Å². The van der Waals surface area contributed by atoms with E-state index in [9.17, 15) is 8.42 Å². The lowest BCUT2D eigenvalue weighted by atomic mass is 10.1. The van der Waals surface area contributed by atoms with E-state index >= 15 is 0 Å². The summed E-state index contributed by atoms with van der Waals surface area (Å²) in [5, 5.41) is 3.08. The van der Waals surface area contributed by atoms with Gasteiger partial charge in [0.1, 0.15) is 5.75 Å². The Kier molecular flexibility index (Phi) is 7.56. The highest BCUT2D eigenvalue weighted by Gasteiger charge is 2.27. The molecule has 176 valence electrons. The van der Waals surface area contributed by atoms with Crippen LogP contribution >= 0.6 is 0 Å². The maximum absolute atomic E-state index is 12.0. The van der Waals surface area contributed by atoms with Crippen LogP contribution in [-0.4, -0.2) is 63.3 Å². The van der Waals surface area contributed by atoms with Crippen molar-refractivity contribution in [1.29, 1.82) is 0 Å². The number of hydrogen-bond donors (Lipinski definition) is 1. The summed E-state index contributed by atoms with van der Waals surface area (Å²) < 4.78 is 37.3. The van der Waals surface area contributed by atoms with Gasteiger partial charge in [0.05, 0.1) is 18.5 Å². The summed E-state index contributed by atoms with van der Waals surface area (Å²) >= 11 is 0. The van der Waals surface area contributed by atoms with Crippen LogP contribution in [0, 0.1) is 0 Å². The second-order valence-electron chi connectivity index (χ2n) is 8.19. The van der Waals surface area contributed by atoms with E-state index in [1.165, 1.54) is 24.8 Å². The number of benzene rings is 1. The van der Waals surface area contributed by atoms with E-state index in [-0.39, 0.29) is 11.7 Å². The van der Waals surface area contributed by atoms with Gasteiger partial charge in [-0.25, -0.2) is 0 Å². The number of nitrogens with zero attached hydrogens (tertiary/aromatic N) is 5. The summed E-state index contributed by atoms with van der Waals surface area (Å²) in [7, 11) is -2.15. The van der Waals surface area contributed by atoms with Crippen LogP contribution in [0.25, 0.3) is 0 Å². The second-order valence-corrected chi connectivity index (χ2v) is 9.45. The molecule has 9 nitrogen and oxygen atoms in total. The number of rotatable bonds is 8. The molecule has 4 rings (SSSR count). The number of aromatic nitrogens is 1. The monoisotopic (exact) mass is 470 g/mol. The summed E-state index contributed by atoms with van der Waals surface area (Å²) in [6.07, 6.45) is 7.86. The van der Waals surface area contributed by atoms with Crippen LogP contribution < -0.4 is 15.0 Å². The minimum Gasteiger partial charge on any atom is -0.494 e. The Morgan fingerprint density at radius 1 is 1.12 bits per heavy atom. The Hall–Kier alpha value is -2.98. The van der Waals surface area contributed by atoms with E-state index in [1.54, 1.807) is 30.4 Å². The van der Waals surface area contributed by atoms with Crippen LogP contribution in [0.3, 0.4) is 0 Å². The molecule has 0 atom stereocenters. The third-order valence-corrected chi connectivity index (χ3v) is 6.42. The number of nitrogens with one attached hydrogen (secondary N) is 1. The van der Waals surface area contributed by atoms with Gasteiger partial charge in [-0.2, -0.15) is 8.42 Å². The summed E-state index contributed by atoms with van der Waals surface area (Å²) in [6, 6.07) is 11.8. The van der Waals surface area contributed by atoms with E-state index < -0.39 is 10.2 Å². The van der Waals surface area contributed by atoms with Gasteiger partial charge >= 0.3 is 10.2 Å². The van der Waals surface area contributed by atoms with E-state index in [4.69, 9.17) is 4.74 Å². The van der Waals surface area contributed by atoms with Crippen LogP contribution in [0.2, 0.25) is 0 Å². The molecular weight excluding hydrogens is 440 g/mol. The number of anilines is 1. The summed E-state index contributed by atoms with van der Waals surface area (Å²) in [4.78, 5) is 8.20. The molecule has 1 aromatic heterocycles. The van der Waals surface area contributed by atoms with Gasteiger partial charge in [0.25, 0.3) is 0 Å². The summed E-state index contributed by atoms with van der Waals surface area (Å²) in [5.41, 5.74) is 1.98. The molecule has 0 bridgehead atoms. The number of hydrogen-bond acceptors (Lipinski definition) is 7. The third-order valence-electron chi connectivity index (χ3n) is 5.61. The van der Waals surface area contributed by atoms with E-state index in [1.807, 2.05) is 18.2 Å². The zero-order chi connectivity index (χ0) is 23.1. The Labute approximate surface area is 195 Å². The first-order valence-electron chi connectivity index (χ1n) is 11.3. The lowest BCUT2D eigenvalue weighted by Crippen LogP contribution is -2.40. The molecule has 1 fully saturated rings. The van der Waals surface area contributed by atoms with Crippen molar-refractivity contribution in [3.8, 4) is 5.75 Å². The molecule has 2 aromatic rings. The number of likely N-dealkylation sites (N-methyl/N-ethyl adjacent to an activating group) is 1. The number of amidine groups is 2. The second kappa shape index (κ2) is 10.8. The number of ether oxygens (including phenoxy) is 1. The molecule has 0 amide bonds. The van der Waals surface area contributed by atoms with Crippen molar-refractivity contribution in [1.82, 2.24) is 15.2 Å². The van der Waals surface area contributed by atoms with Crippen molar-refractivity contribution in [3.63, 3.8) is 0 Å². The fourth-order valence-electron chi connectivity index (χ4n) is 3.91. The first-order valence-corrected chi connectivity index (χ1v) is 12.7. The molecule has 0 radical (unpaired) electrons. The standard InChI is InChI=1S/C23H30N6O3S/c1-28(20-9-6-11-24-17-20)23-22(26-33(30,31)27-23)25-12-7-15-32-21-10-5-8-19(16-21)18-29-13-3-2-4-14-29/h5-6,8-11,16-17H,2-4,7,12-15,18H2,1H3,(H,25,26). The molecule has 1 N–H and O–H groups in total. The van der Waals surface area contributed by atoms with Gasteiger partial charge in [-0.1, -0.05) is 18.6 Å². The number of pyridine rings is 1. The molecule has 0 aliphatic carbocycles. The van der Waals surface area contributed by atoms with Gasteiger partial charge in [-0.05, 0) is 62.2 Å². The smallest absolute Gasteiger partial charge is 0.367 e. The molecule has 3 heterocycles. The van der Waals surface area contributed by atoms with Crippen LogP contribution in [0.15, 0.2) is 57.6 Å². The van der Waals surface area contributed by atoms with Crippen molar-refractivity contribution in [2.45, 2.75) is 32.2 Å². The van der Waals surface area contributed by atoms with Gasteiger partial charge < -0.3 is 15.0 Å². The maximum atomic E-state index is 12.0. The summed E-state index contributed by atoms with van der Waals surface area (Å²) in [5.74, 6) is 1.32. The molecule has 2 aliphatic heterocycles. The molecular formula is C23H30N6O3S. The molecule has 1 saturated heterocycles. The molecule has 2 aliphatic rings. The average molecular weight is 471 g/mol. The van der Waals surface area contributed by atoms with Crippen LogP contribution in [0.1, 0.15) is 31.2 Å². The number of likely N-dealkylation sites (tertiary alicyclic amines) is 1. The van der Waals surface area contributed by atoms with E-state index in [0.29, 0.717) is 19.6 Å². The van der Waals surface area contributed by atoms with Crippen molar-refractivity contribution in [2.24, 2.45) is 8.80 Å². The van der Waals surface area contributed by atoms with Gasteiger partial charge in [0.15, 0.2) is 11.7 Å². The van der Waals surface area contributed by atoms with Gasteiger partial charge in [0.2, 0.25) is 0 Å². The van der Waals surface area contributed by atoms with Gasteiger partial charge in [-0.3, -0.25) is 9.88 Å². The first-order chi connectivity index (χ1) is 16.0. The van der Waals surface area contributed by atoms with Gasteiger partial charge in [0, 0.05) is 26.3 Å². The molecule has 0 unspecified atom stereocenters. The SMILES string of the molecule is CN(C1=NS(=O)(=O)N=C1NCCCOc1cccc(CN2CCCCC2)c1)c1cccnc1. The molecule has 1 aromatic carbocycles.